The maximum Gasteiger partial charge on any atom is 0.134 e. The summed E-state index contributed by atoms with van der Waals surface area (Å²) in [7, 11) is 0. The highest BCUT2D eigenvalue weighted by Gasteiger charge is 2.05. The van der Waals surface area contributed by atoms with Gasteiger partial charge in [0, 0.05) is 12.1 Å². The third-order valence-electron chi connectivity index (χ3n) is 2.86. The Hall–Kier alpha value is -0.970. The van der Waals surface area contributed by atoms with Gasteiger partial charge in [0.2, 0.25) is 0 Å². The minimum Gasteiger partial charge on any atom is -0.383 e. The van der Waals surface area contributed by atoms with E-state index in [0.29, 0.717) is 5.82 Å². The van der Waals surface area contributed by atoms with Gasteiger partial charge in [0.05, 0.1) is 0 Å². The molecule has 0 atom stereocenters. The maximum absolute atomic E-state index is 5.81. The number of thioether (sulfide) groups is 1. The Morgan fingerprint density at radius 3 is 2.56 bits per heavy atom. The Balaban J connectivity index is 2.27. The molecule has 102 valence electrons. The van der Waals surface area contributed by atoms with E-state index in [1.807, 2.05) is 25.6 Å². The van der Waals surface area contributed by atoms with E-state index < -0.39 is 0 Å². The van der Waals surface area contributed by atoms with Gasteiger partial charge in [-0.1, -0.05) is 12.8 Å². The number of hydrogen-bond acceptors (Lipinski definition) is 5. The van der Waals surface area contributed by atoms with Crippen LogP contribution in [-0.4, -0.2) is 28.5 Å². The molecule has 0 spiro atoms. The maximum atomic E-state index is 5.81. The molecule has 0 amide bonds. The van der Waals surface area contributed by atoms with Crippen LogP contribution in [0.25, 0.3) is 0 Å². The van der Waals surface area contributed by atoms with E-state index in [4.69, 9.17) is 5.73 Å². The zero-order valence-electron chi connectivity index (χ0n) is 11.6. The first-order valence-corrected chi connectivity index (χ1v) is 7.88. The van der Waals surface area contributed by atoms with Gasteiger partial charge >= 0.3 is 0 Å². The van der Waals surface area contributed by atoms with E-state index in [1.54, 1.807) is 0 Å². The third-order valence-corrected chi connectivity index (χ3v) is 3.56. The van der Waals surface area contributed by atoms with Gasteiger partial charge in [0.25, 0.3) is 0 Å². The molecule has 0 aliphatic carbocycles. The fraction of sp³-hybridized carbons (Fsp3) is 0.692. The van der Waals surface area contributed by atoms with Crippen molar-refractivity contribution in [1.29, 1.82) is 0 Å². The van der Waals surface area contributed by atoms with Gasteiger partial charge in [0.15, 0.2) is 0 Å². The van der Waals surface area contributed by atoms with Crippen LogP contribution in [0.3, 0.4) is 0 Å². The molecule has 1 heterocycles. The number of nitrogens with two attached hydrogens (primary N) is 1. The molecule has 0 aromatic carbocycles. The molecule has 0 bridgehead atoms. The van der Waals surface area contributed by atoms with Crippen LogP contribution in [0.4, 0.5) is 11.6 Å². The molecule has 0 saturated carbocycles. The quantitative estimate of drug-likeness (QED) is 0.710. The number of aromatic nitrogens is 2. The fourth-order valence-corrected chi connectivity index (χ4v) is 2.25. The summed E-state index contributed by atoms with van der Waals surface area (Å²) in [6, 6.07) is 0. The van der Waals surface area contributed by atoms with E-state index >= 15 is 0 Å². The molecule has 0 fully saturated rings. The first-order valence-electron chi connectivity index (χ1n) is 6.48. The summed E-state index contributed by atoms with van der Waals surface area (Å²) >= 11 is 1.92. The summed E-state index contributed by atoms with van der Waals surface area (Å²) in [5, 5.41) is 3.35. The zero-order chi connectivity index (χ0) is 13.4. The highest BCUT2D eigenvalue weighted by Crippen LogP contribution is 2.16. The second-order valence-electron chi connectivity index (χ2n) is 4.46. The first-order chi connectivity index (χ1) is 8.65. The van der Waals surface area contributed by atoms with E-state index in [-0.39, 0.29) is 0 Å². The van der Waals surface area contributed by atoms with Crippen molar-refractivity contribution < 1.29 is 0 Å². The van der Waals surface area contributed by atoms with Gasteiger partial charge < -0.3 is 11.1 Å². The molecule has 1 rings (SSSR count). The highest BCUT2D eigenvalue weighted by atomic mass is 32.2. The molecule has 0 saturated heterocycles. The van der Waals surface area contributed by atoms with E-state index in [2.05, 4.69) is 21.5 Å². The lowest BCUT2D eigenvalue weighted by atomic mass is 10.2. The molecule has 0 radical (unpaired) electrons. The number of nitrogens with zero attached hydrogens (tertiary/aromatic N) is 2. The largest absolute Gasteiger partial charge is 0.383 e. The van der Waals surface area contributed by atoms with Crippen molar-refractivity contribution in [2.45, 2.75) is 39.5 Å². The molecule has 0 aliphatic heterocycles. The van der Waals surface area contributed by atoms with Crippen molar-refractivity contribution in [2.75, 3.05) is 29.6 Å². The predicted molar refractivity (Wildman–Crippen MR) is 81.3 cm³/mol. The number of aryl methyl sites for hydroxylation is 1. The van der Waals surface area contributed by atoms with E-state index in [1.165, 1.54) is 31.4 Å². The second kappa shape index (κ2) is 8.19. The molecule has 3 N–H and O–H groups in total. The van der Waals surface area contributed by atoms with Gasteiger partial charge in [-0.3, -0.25) is 0 Å². The van der Waals surface area contributed by atoms with Crippen molar-refractivity contribution in [3.05, 3.63) is 11.4 Å². The topological polar surface area (TPSA) is 63.8 Å². The van der Waals surface area contributed by atoms with Crippen LogP contribution in [0.15, 0.2) is 0 Å². The molecule has 1 aromatic rings. The van der Waals surface area contributed by atoms with Gasteiger partial charge in [-0.2, -0.15) is 11.8 Å². The zero-order valence-corrected chi connectivity index (χ0v) is 12.4. The number of hydrogen-bond donors (Lipinski definition) is 2. The second-order valence-corrected chi connectivity index (χ2v) is 5.45. The smallest absolute Gasteiger partial charge is 0.134 e. The molecule has 18 heavy (non-hydrogen) atoms. The van der Waals surface area contributed by atoms with Crippen LogP contribution in [0.2, 0.25) is 0 Å². The lowest BCUT2D eigenvalue weighted by molar-refractivity contribution is 0.688. The molecular formula is C13H24N4S. The minimum absolute atomic E-state index is 0.574. The summed E-state index contributed by atoms with van der Waals surface area (Å²) < 4.78 is 0. The van der Waals surface area contributed by atoms with Gasteiger partial charge in [0.1, 0.15) is 17.5 Å². The third kappa shape index (κ3) is 5.12. The average Bonchev–Trinajstić information content (AvgIpc) is 2.33. The Bertz CT molecular complexity index is 368. The van der Waals surface area contributed by atoms with E-state index in [0.717, 1.165) is 23.8 Å². The van der Waals surface area contributed by atoms with Crippen LogP contribution >= 0.6 is 11.8 Å². The summed E-state index contributed by atoms with van der Waals surface area (Å²) in [6.07, 6.45) is 7.24. The summed E-state index contributed by atoms with van der Waals surface area (Å²) in [5.41, 5.74) is 6.76. The van der Waals surface area contributed by atoms with Crippen LogP contribution in [-0.2, 0) is 0 Å². The normalized spacial score (nSPS) is 10.6. The first kappa shape index (κ1) is 15.1. The Kier molecular flexibility index (Phi) is 6.86. The molecular weight excluding hydrogens is 244 g/mol. The number of unbranched alkanes of at least 4 members (excludes halogenated alkanes) is 3. The van der Waals surface area contributed by atoms with Crippen LogP contribution in [0.1, 0.15) is 37.1 Å². The lowest BCUT2D eigenvalue weighted by Gasteiger charge is -2.10. The van der Waals surface area contributed by atoms with Crippen molar-refractivity contribution in [3.8, 4) is 0 Å². The number of anilines is 2. The van der Waals surface area contributed by atoms with Gasteiger partial charge in [-0.25, -0.2) is 9.97 Å². The Morgan fingerprint density at radius 1 is 1.11 bits per heavy atom. The highest BCUT2D eigenvalue weighted by molar-refractivity contribution is 7.98. The Morgan fingerprint density at radius 2 is 1.83 bits per heavy atom. The molecule has 0 unspecified atom stereocenters. The Labute approximate surface area is 114 Å². The summed E-state index contributed by atoms with van der Waals surface area (Å²) in [4.78, 5) is 8.51. The van der Waals surface area contributed by atoms with Crippen molar-refractivity contribution in [2.24, 2.45) is 0 Å². The molecule has 0 aliphatic rings. The summed E-state index contributed by atoms with van der Waals surface area (Å²) in [6.45, 7) is 4.77. The standard InChI is InChI=1S/C13H24N4S/c1-10-12(14)16-11(2)17-13(10)15-8-6-4-5-7-9-18-3/h4-9H2,1-3H3,(H3,14,15,16,17). The van der Waals surface area contributed by atoms with Crippen molar-refractivity contribution in [1.82, 2.24) is 9.97 Å². The predicted octanol–water partition coefficient (Wildman–Crippen LogP) is 3.01. The van der Waals surface area contributed by atoms with E-state index in [9.17, 15) is 0 Å². The van der Waals surface area contributed by atoms with Crippen molar-refractivity contribution >= 4 is 23.4 Å². The van der Waals surface area contributed by atoms with Crippen LogP contribution < -0.4 is 11.1 Å². The molecule has 1 aromatic heterocycles. The average molecular weight is 268 g/mol. The van der Waals surface area contributed by atoms with Gasteiger partial charge in [-0.05, 0) is 38.7 Å². The minimum atomic E-state index is 0.574. The van der Waals surface area contributed by atoms with Crippen LogP contribution in [0.5, 0.6) is 0 Å². The fourth-order valence-electron chi connectivity index (χ4n) is 1.75. The number of nitrogens with one attached hydrogen (secondary N) is 1. The van der Waals surface area contributed by atoms with Crippen molar-refractivity contribution in [3.63, 3.8) is 0 Å². The molecule has 4 nitrogen and oxygen atoms in total. The van der Waals surface area contributed by atoms with Crippen LogP contribution in [0, 0.1) is 13.8 Å². The SMILES string of the molecule is CSCCCCCCNc1nc(C)nc(N)c1C. The molecule has 5 heteroatoms. The lowest BCUT2D eigenvalue weighted by Crippen LogP contribution is -2.09. The number of rotatable bonds is 8. The van der Waals surface area contributed by atoms with Gasteiger partial charge in [-0.15, -0.1) is 0 Å². The summed E-state index contributed by atoms with van der Waals surface area (Å²) in [5.74, 6) is 3.45. The monoisotopic (exact) mass is 268 g/mol. The number of nitrogen functional groups attached to an aromatic ring is 1.